The number of aliphatic hydroxyl groups is 1. The second-order valence-electron chi connectivity index (χ2n) is 28.3. The summed E-state index contributed by atoms with van der Waals surface area (Å²) in [4.78, 5) is 123. The van der Waals surface area contributed by atoms with Crippen molar-refractivity contribution in [1.82, 2.24) is 4.90 Å². The number of nitrogens with zero attached hydrogens (tertiary/aromatic N) is 1. The van der Waals surface area contributed by atoms with Gasteiger partial charge in [-0.1, -0.05) is 80.1 Å². The van der Waals surface area contributed by atoms with Gasteiger partial charge in [-0.3, -0.25) is 9.59 Å². The topological polar surface area (TPSA) is 501 Å². The van der Waals surface area contributed by atoms with Gasteiger partial charge in [0.05, 0.1) is 132 Å². The van der Waals surface area contributed by atoms with Gasteiger partial charge in [0, 0.05) is 45.3 Å². The molecule has 2 aliphatic carbocycles. The van der Waals surface area contributed by atoms with Gasteiger partial charge in [-0.15, -0.1) is 0 Å². The summed E-state index contributed by atoms with van der Waals surface area (Å²) in [6, 6.07) is 22.9. The zero-order valence-electron chi connectivity index (χ0n) is 69.6. The lowest BCUT2D eigenvalue weighted by Gasteiger charge is -2.26. The molecule has 121 heavy (non-hydrogen) atoms. The minimum absolute atomic E-state index is 0.0177. The van der Waals surface area contributed by atoms with Crippen LogP contribution in [0.25, 0.3) is 22.3 Å². The number of rotatable bonds is 35. The molecule has 4 aromatic carbocycles. The third-order valence-electron chi connectivity index (χ3n) is 20.5. The van der Waals surface area contributed by atoms with E-state index >= 15 is 0 Å². The molecule has 0 saturated carbocycles. The summed E-state index contributed by atoms with van der Waals surface area (Å²) in [6.07, 6.45) is -2.60. The van der Waals surface area contributed by atoms with Crippen molar-refractivity contribution < 1.29 is 160 Å². The van der Waals surface area contributed by atoms with Gasteiger partial charge in [-0.25, -0.2) is 33.6 Å². The number of aliphatic hydroxyl groups excluding tert-OH is 1. The van der Waals surface area contributed by atoms with E-state index in [9.17, 15) is 68.7 Å². The molecule has 36 nitrogen and oxygen atoms in total. The molecule has 2 aliphatic heterocycles. The van der Waals surface area contributed by atoms with Gasteiger partial charge in [-0.05, 0) is 158 Å². The van der Waals surface area contributed by atoms with Gasteiger partial charge >= 0.3 is 41.8 Å². The molecule has 8 N–H and O–H groups in total. The van der Waals surface area contributed by atoms with Crippen LogP contribution in [-0.4, -0.2) is 306 Å². The second kappa shape index (κ2) is 57.2. The Hall–Kier alpha value is -9.25. The van der Waals surface area contributed by atoms with E-state index in [1.54, 1.807) is 6.07 Å². The standard InChI is InChI=1S/C42H59NO15.C27H36O4.C16H24O14.O2/c1-4-28(14-16-53-29-10-12-31-32-13-11-30(54-17-15-43(5-2)6-3)27-34(32)36(44)33(31)26-29)8-7-9-35-37(40(45)46)56-23-19-52-21-25-58-39(42(49)50)38(41(47)48)57-24-20-51-18-22-55-35;1-4-19(5-2)12-15-30-21-7-9-23-24-10-8-22(18-26(24)27(29)25(23)17-21)31-16-13-20(6-3)11-14-28;17-13(18)9-7-26-3-6-29-12(16(23)24)11(15(21)22)28-5-2-25-1-4-27-10(8-30-9)14(19)20;1-2/h10-13,26-28,35,37-39H,4-9,14-25H2,1-3H3,(H,45,46)(H,47,48)(H,49,50);7-10,17-20,28H,4-6,11-16H2,1-3H3;9-12H,1-8H2,(H,17,18)(H,19,20)(H,21,22)(H,23,24);. The van der Waals surface area contributed by atoms with Crippen molar-refractivity contribution in [3.63, 3.8) is 0 Å². The van der Waals surface area contributed by atoms with Gasteiger partial charge in [0.2, 0.25) is 0 Å². The fraction of sp³-hybridized carbons (Fsp3) is 0.612. The number of likely N-dealkylation sites (N-methyl/N-ethyl adjacent to an activating group) is 1. The summed E-state index contributed by atoms with van der Waals surface area (Å²) in [7, 11) is 0. The first kappa shape index (κ1) is 102. The Labute approximate surface area is 702 Å². The fourth-order valence-corrected chi connectivity index (χ4v) is 13.5. The highest BCUT2D eigenvalue weighted by Gasteiger charge is 2.39. The summed E-state index contributed by atoms with van der Waals surface area (Å²) < 4.78 is 87.3. The molecule has 0 radical (unpaired) electrons. The van der Waals surface area contributed by atoms with E-state index in [0.717, 1.165) is 98.3 Å². The number of carboxylic acid groups (broad SMARTS) is 7. The van der Waals surface area contributed by atoms with Crippen LogP contribution in [0.3, 0.4) is 0 Å². The number of ether oxygens (including phenoxy) is 16. The highest BCUT2D eigenvalue weighted by atomic mass is 16.7. The number of carbonyl (C=O) groups is 9. The molecule has 0 spiro atoms. The molecule has 0 bridgehead atoms. The minimum atomic E-state index is -1.84. The normalized spacial score (nSPS) is 20.9. The molecule has 8 rings (SSSR count). The zero-order valence-corrected chi connectivity index (χ0v) is 69.6. The molecule has 4 aliphatic rings. The zero-order chi connectivity index (χ0) is 88.6. The van der Waals surface area contributed by atoms with Crippen LogP contribution in [-0.2, 0) is 90.4 Å². The van der Waals surface area contributed by atoms with E-state index in [0.29, 0.717) is 84.9 Å². The predicted molar refractivity (Wildman–Crippen MR) is 433 cm³/mol. The number of ketones is 2. The molecule has 10 unspecified atom stereocenters. The Balaban J connectivity index is 0.000000349. The lowest BCUT2D eigenvalue weighted by molar-refractivity contribution is -0.181. The Morgan fingerprint density at radius 1 is 0.355 bits per heavy atom. The molecular formula is C85H119NO35. The predicted octanol–water partition coefficient (Wildman–Crippen LogP) is 8.69. The third-order valence-corrected chi connectivity index (χ3v) is 20.5. The van der Waals surface area contributed by atoms with Crippen molar-refractivity contribution in [3.05, 3.63) is 105 Å². The van der Waals surface area contributed by atoms with Crippen LogP contribution in [0.5, 0.6) is 23.0 Å². The van der Waals surface area contributed by atoms with E-state index in [2.05, 4.69) is 46.4 Å². The fourth-order valence-electron chi connectivity index (χ4n) is 13.5. The van der Waals surface area contributed by atoms with E-state index < -0.39 is 104 Å². The first-order valence-electron chi connectivity index (χ1n) is 40.9. The lowest BCUT2D eigenvalue weighted by Crippen LogP contribution is -2.44. The van der Waals surface area contributed by atoms with Crippen LogP contribution < -0.4 is 18.9 Å². The summed E-state index contributed by atoms with van der Waals surface area (Å²) in [5.41, 5.74) is 6.33. The van der Waals surface area contributed by atoms with Crippen molar-refractivity contribution in [1.29, 1.82) is 0 Å². The Morgan fingerprint density at radius 2 is 0.669 bits per heavy atom. The molecule has 0 amide bonds. The third kappa shape index (κ3) is 34.5. The number of hydrogen-bond acceptors (Lipinski definition) is 29. The van der Waals surface area contributed by atoms with Crippen molar-refractivity contribution in [2.45, 2.75) is 161 Å². The first-order chi connectivity index (χ1) is 58.4. The van der Waals surface area contributed by atoms with Gasteiger partial charge in [0.25, 0.3) is 0 Å². The highest BCUT2D eigenvalue weighted by molar-refractivity contribution is 6.23. The number of benzene rings is 4. The maximum Gasteiger partial charge on any atom is 0.336 e. The highest BCUT2D eigenvalue weighted by Crippen LogP contribution is 2.42. The molecule has 10 atom stereocenters. The van der Waals surface area contributed by atoms with E-state index in [4.69, 9.17) is 101 Å². The van der Waals surface area contributed by atoms with E-state index in [1.807, 2.05) is 66.7 Å². The van der Waals surface area contributed by atoms with Crippen molar-refractivity contribution in [2.75, 3.05) is 158 Å². The molecule has 2 fully saturated rings. The molecule has 2 heterocycles. The minimum Gasteiger partial charge on any atom is -0.494 e. The smallest absolute Gasteiger partial charge is 0.336 e. The maximum atomic E-state index is 13.4. The van der Waals surface area contributed by atoms with Gasteiger partial charge in [0.1, 0.15) is 29.6 Å². The first-order valence-corrected chi connectivity index (χ1v) is 40.9. The van der Waals surface area contributed by atoms with Crippen LogP contribution in [0.2, 0.25) is 0 Å². The molecule has 36 heteroatoms. The van der Waals surface area contributed by atoms with Gasteiger partial charge in [0.15, 0.2) is 54.3 Å². The number of hydrogen-bond donors (Lipinski definition) is 8. The van der Waals surface area contributed by atoms with Crippen LogP contribution in [0.15, 0.2) is 72.8 Å². The average molecular weight is 1710 g/mol. The van der Waals surface area contributed by atoms with Crippen molar-refractivity contribution in [3.8, 4) is 45.3 Å². The van der Waals surface area contributed by atoms with E-state index in [-0.39, 0.29) is 117 Å². The van der Waals surface area contributed by atoms with Crippen LogP contribution >= 0.6 is 0 Å². The Morgan fingerprint density at radius 3 is 1.01 bits per heavy atom. The number of carboxylic acids is 7. The summed E-state index contributed by atoms with van der Waals surface area (Å²) >= 11 is 0. The van der Waals surface area contributed by atoms with Crippen molar-refractivity contribution >= 4 is 53.4 Å². The second-order valence-corrected chi connectivity index (χ2v) is 28.3. The van der Waals surface area contributed by atoms with Gasteiger partial charge in [-0.2, -0.15) is 0 Å². The average Bonchev–Trinajstić information content (AvgIpc) is 1.62. The monoisotopic (exact) mass is 1710 g/mol. The summed E-state index contributed by atoms with van der Waals surface area (Å²) in [6.45, 7) is 15.1. The van der Waals surface area contributed by atoms with Gasteiger partial charge < -0.3 is 122 Å². The number of aliphatic carboxylic acids is 7. The SMILES string of the molecule is CCC(CC)CCOc1ccc2c(c1)C(=O)c1cc(OCCC(CC)CCO)ccc1-2.CCC(CCCC1OCCOCCOC(C(=O)O)C(C(=O)O)OCCOCCOC1C(=O)O)CCOc1ccc2c(c1)C(=O)c1cc(OCCN(CC)CC)ccc1-2.O=C(O)C1COCCOC(C(=O)O)C(C(=O)O)OCCOCCOC(C(=O)O)CO1.O=O. The summed E-state index contributed by atoms with van der Waals surface area (Å²) in [5.74, 6) is -5.89. The Bertz CT molecular complexity index is 3810. The largest absolute Gasteiger partial charge is 0.494 e. The number of carbonyl (C=O) groups excluding carboxylic acids is 2. The molecular weight excluding hydrogens is 1590 g/mol. The van der Waals surface area contributed by atoms with Crippen LogP contribution in [0.1, 0.15) is 144 Å². The Kier molecular flexibility index (Phi) is 48.3. The molecule has 674 valence electrons. The lowest BCUT2D eigenvalue weighted by atomic mass is 9.94. The quantitative estimate of drug-likeness (QED) is 0.0184. The van der Waals surface area contributed by atoms with Crippen LogP contribution in [0, 0.1) is 27.7 Å². The van der Waals surface area contributed by atoms with Crippen LogP contribution in [0.4, 0.5) is 0 Å². The van der Waals surface area contributed by atoms with Crippen molar-refractivity contribution in [2.24, 2.45) is 17.8 Å². The molecule has 0 aromatic heterocycles. The summed E-state index contributed by atoms with van der Waals surface area (Å²) in [5, 5.41) is 74.7. The number of fused-ring (bicyclic) bond motifs is 6. The maximum absolute atomic E-state index is 13.4. The molecule has 4 aromatic rings. The van der Waals surface area contributed by atoms with E-state index in [1.165, 1.54) is 12.8 Å². The molecule has 2 saturated heterocycles.